The van der Waals surface area contributed by atoms with Crippen LogP contribution in [0.25, 0.3) is 11.1 Å². The summed E-state index contributed by atoms with van der Waals surface area (Å²) in [5, 5.41) is 58.3. The van der Waals surface area contributed by atoms with E-state index in [1.54, 1.807) is 36.4 Å². The highest BCUT2D eigenvalue weighted by Gasteiger charge is 2.56. The molecular weight excluding hydrogens is 687 g/mol. The molecule has 3 rings (SSSR count). The van der Waals surface area contributed by atoms with Crippen molar-refractivity contribution in [3.05, 3.63) is 54.1 Å². The van der Waals surface area contributed by atoms with E-state index in [4.69, 9.17) is 25.4 Å². The van der Waals surface area contributed by atoms with Crippen LogP contribution in [0.1, 0.15) is 12.0 Å². The second kappa shape index (κ2) is 19.2. The molecule has 1 fully saturated rings. The van der Waals surface area contributed by atoms with Crippen LogP contribution in [0.5, 0.6) is 5.75 Å². The van der Waals surface area contributed by atoms with E-state index >= 15 is 0 Å². The molecule has 0 aromatic heterocycles. The van der Waals surface area contributed by atoms with Crippen LogP contribution in [-0.2, 0) is 35.0 Å². The molecule has 3 amide bonds. The molecule has 0 unspecified atom stereocenters. The first-order valence-electron chi connectivity index (χ1n) is 15.6. The lowest BCUT2D eigenvalue weighted by Crippen LogP contribution is -2.69. The van der Waals surface area contributed by atoms with Crippen LogP contribution in [-0.4, -0.2) is 132 Å². The van der Waals surface area contributed by atoms with Gasteiger partial charge in [-0.25, -0.2) is 9.59 Å². The smallest absolute Gasteiger partial charge is 0.405 e. The van der Waals surface area contributed by atoms with Crippen LogP contribution < -0.4 is 16.0 Å². The molecule has 0 radical (unpaired) electrons. The number of carboxylic acid groups (broad SMARTS) is 1. The van der Waals surface area contributed by atoms with E-state index in [1.807, 2.05) is 5.32 Å². The number of nitrogens with one attached hydrogen (secondary N) is 3. The fourth-order valence-electron chi connectivity index (χ4n) is 4.99. The molecule has 0 spiro atoms. The quantitative estimate of drug-likeness (QED) is 0.0766. The van der Waals surface area contributed by atoms with Crippen LogP contribution in [0, 0.1) is 12.3 Å². The van der Waals surface area contributed by atoms with Crippen molar-refractivity contribution in [1.82, 2.24) is 16.0 Å². The first-order chi connectivity index (χ1) is 24.1. The van der Waals surface area contributed by atoms with Crippen molar-refractivity contribution in [3.8, 4) is 29.2 Å². The van der Waals surface area contributed by atoms with E-state index in [2.05, 4.69) is 11.2 Å². The van der Waals surface area contributed by atoms with Gasteiger partial charge in [-0.05, 0) is 28.8 Å². The topological polar surface area (TPSA) is 225 Å². The van der Waals surface area contributed by atoms with Gasteiger partial charge in [0, 0.05) is 13.0 Å². The molecule has 6 atom stereocenters. The van der Waals surface area contributed by atoms with Crippen LogP contribution in [0.3, 0.4) is 0 Å². The van der Waals surface area contributed by atoms with Crippen molar-refractivity contribution in [1.29, 1.82) is 0 Å². The summed E-state index contributed by atoms with van der Waals surface area (Å²) in [6, 6.07) is 10.2. The number of aliphatic hydroxyl groups excluding tert-OH is 3. The summed E-state index contributed by atoms with van der Waals surface area (Å²) in [5.41, 5.74) is 2.24. The SMILES string of the molecule is C#CCOCCOCCO[C@]1(C(=O)O)C[C@H](O)[C@@H](NC(=O)NCC(F)(F)F)[C@H]([C@H](O)[C@H](O)CNC(=O)Cc2ccc(-c3ccc(O)cc3)cc2)O1. The standard InChI is InChI=1S/C33H40F3N3O12/c1-2-11-48-12-13-49-14-15-50-32(30(45)46)17-24(41)27(39-31(47)38-19-33(34,35)36)29(51-32)28(44)25(42)18-37-26(43)16-20-3-5-21(6-4-20)22-7-9-23(40)10-8-22/h1,3-10,24-25,27-29,40-42,44H,11-19H2,(H,37,43)(H,45,46)(H2,38,39,47)/t24-,25+,27+,28+,29+,32+/m0/s1. The molecule has 1 aliphatic heterocycles. The first kappa shape index (κ1) is 40.9. The molecule has 8 N–H and O–H groups in total. The molecule has 15 nitrogen and oxygen atoms in total. The normalized spacial score (nSPS) is 21.5. The number of amides is 3. The molecule has 1 saturated heterocycles. The van der Waals surface area contributed by atoms with Gasteiger partial charge in [0.15, 0.2) is 0 Å². The third-order valence-electron chi connectivity index (χ3n) is 7.52. The number of carboxylic acids is 1. The number of hydrogen-bond acceptors (Lipinski definition) is 11. The largest absolute Gasteiger partial charge is 0.508 e. The summed E-state index contributed by atoms with van der Waals surface area (Å²) in [5.74, 6) is -2.64. The number of ether oxygens (including phenoxy) is 4. The Bertz CT molecular complexity index is 1470. The Labute approximate surface area is 290 Å². The van der Waals surface area contributed by atoms with Gasteiger partial charge >= 0.3 is 18.2 Å². The molecule has 2 aromatic rings. The van der Waals surface area contributed by atoms with E-state index in [9.17, 15) is 53.1 Å². The minimum absolute atomic E-state index is 0.0488. The Morgan fingerprint density at radius 3 is 2.20 bits per heavy atom. The van der Waals surface area contributed by atoms with Crippen LogP contribution in [0.15, 0.2) is 48.5 Å². The van der Waals surface area contributed by atoms with Crippen molar-refractivity contribution in [2.45, 2.75) is 55.3 Å². The summed E-state index contributed by atoms with van der Waals surface area (Å²) < 4.78 is 59.3. The molecule has 0 saturated carbocycles. The Kier molecular flexibility index (Phi) is 15.4. The molecule has 1 heterocycles. The molecular formula is C33H40F3N3O12. The Morgan fingerprint density at radius 2 is 1.59 bits per heavy atom. The number of carbonyl (C=O) groups excluding carboxylic acids is 2. The fraction of sp³-hybridized carbons (Fsp3) is 0.485. The maximum Gasteiger partial charge on any atom is 0.405 e. The zero-order valence-corrected chi connectivity index (χ0v) is 27.2. The van der Waals surface area contributed by atoms with Crippen molar-refractivity contribution in [2.75, 3.05) is 46.1 Å². The lowest BCUT2D eigenvalue weighted by atomic mass is 9.88. The molecule has 1 aliphatic rings. The summed E-state index contributed by atoms with van der Waals surface area (Å²) in [4.78, 5) is 37.3. The van der Waals surface area contributed by atoms with Crippen LogP contribution >= 0.6 is 0 Å². The maximum atomic E-state index is 12.7. The summed E-state index contributed by atoms with van der Waals surface area (Å²) in [7, 11) is 0. The highest BCUT2D eigenvalue weighted by Crippen LogP contribution is 2.33. The van der Waals surface area contributed by atoms with Gasteiger partial charge in [-0.15, -0.1) is 6.42 Å². The second-order valence-electron chi connectivity index (χ2n) is 11.4. The Hall–Kier alpha value is -4.48. The lowest BCUT2D eigenvalue weighted by molar-refractivity contribution is -0.311. The van der Waals surface area contributed by atoms with Crippen molar-refractivity contribution in [2.24, 2.45) is 0 Å². The molecule has 18 heteroatoms. The number of alkyl halides is 3. The number of aliphatic hydroxyl groups is 3. The van der Waals surface area contributed by atoms with Gasteiger partial charge in [0.2, 0.25) is 5.91 Å². The number of urea groups is 1. The number of phenols is 1. The van der Waals surface area contributed by atoms with Gasteiger partial charge in [0.1, 0.15) is 31.1 Å². The van der Waals surface area contributed by atoms with Crippen molar-refractivity contribution >= 4 is 17.9 Å². The predicted molar refractivity (Wildman–Crippen MR) is 171 cm³/mol. The number of benzene rings is 2. The third-order valence-corrected chi connectivity index (χ3v) is 7.52. The monoisotopic (exact) mass is 727 g/mol. The summed E-state index contributed by atoms with van der Waals surface area (Å²) in [6.45, 7) is -2.73. The minimum Gasteiger partial charge on any atom is -0.508 e. The number of aliphatic carboxylic acids is 1. The van der Waals surface area contributed by atoms with Gasteiger partial charge in [-0.2, -0.15) is 13.2 Å². The summed E-state index contributed by atoms with van der Waals surface area (Å²) >= 11 is 0. The second-order valence-corrected chi connectivity index (χ2v) is 11.4. The Morgan fingerprint density at radius 1 is 0.980 bits per heavy atom. The number of rotatable bonds is 18. The van der Waals surface area contributed by atoms with Gasteiger partial charge in [0.05, 0.1) is 51.1 Å². The number of hydrogen-bond donors (Lipinski definition) is 8. The van der Waals surface area contributed by atoms with E-state index < -0.39 is 86.4 Å². The zero-order chi connectivity index (χ0) is 37.6. The highest BCUT2D eigenvalue weighted by molar-refractivity contribution is 5.79. The zero-order valence-electron chi connectivity index (χ0n) is 27.2. The molecule has 280 valence electrons. The number of terminal acetylenes is 1. The molecule has 51 heavy (non-hydrogen) atoms. The number of phenolic OH excluding ortho intramolecular Hbond substituents is 1. The van der Waals surface area contributed by atoms with E-state index in [0.717, 1.165) is 11.1 Å². The third kappa shape index (κ3) is 13.0. The Balaban J connectivity index is 1.67. The predicted octanol–water partition coefficient (Wildman–Crippen LogP) is 0.284. The average molecular weight is 728 g/mol. The van der Waals surface area contributed by atoms with Crippen molar-refractivity contribution < 1.29 is 72.0 Å². The fourth-order valence-corrected chi connectivity index (χ4v) is 4.99. The highest BCUT2D eigenvalue weighted by atomic mass is 19.4. The van der Waals surface area contributed by atoms with Crippen LogP contribution in [0.2, 0.25) is 0 Å². The number of halogens is 3. The average Bonchev–Trinajstić information content (AvgIpc) is 3.08. The van der Waals surface area contributed by atoms with Gasteiger partial charge < -0.3 is 60.4 Å². The lowest BCUT2D eigenvalue weighted by Gasteiger charge is -2.46. The number of aromatic hydroxyl groups is 1. The van der Waals surface area contributed by atoms with Gasteiger partial charge in [0.25, 0.3) is 5.79 Å². The number of carbonyl (C=O) groups is 3. The van der Waals surface area contributed by atoms with Gasteiger partial charge in [-0.1, -0.05) is 42.3 Å². The van der Waals surface area contributed by atoms with E-state index in [0.29, 0.717) is 5.56 Å². The van der Waals surface area contributed by atoms with E-state index in [1.165, 1.54) is 17.4 Å². The molecule has 0 bridgehead atoms. The van der Waals surface area contributed by atoms with Crippen LogP contribution in [0.4, 0.5) is 18.0 Å². The van der Waals surface area contributed by atoms with Crippen molar-refractivity contribution in [3.63, 3.8) is 0 Å². The maximum absolute atomic E-state index is 12.7. The van der Waals surface area contributed by atoms with E-state index in [-0.39, 0.29) is 38.6 Å². The molecule has 2 aromatic carbocycles. The van der Waals surface area contributed by atoms with Gasteiger partial charge in [-0.3, -0.25) is 4.79 Å². The first-order valence-corrected chi connectivity index (χ1v) is 15.6. The minimum atomic E-state index is -4.79. The summed E-state index contributed by atoms with van der Waals surface area (Å²) in [6.07, 6.45) is -8.64. The molecule has 0 aliphatic carbocycles.